The molecule has 0 aromatic heterocycles. The van der Waals surface area contributed by atoms with Crippen LogP contribution in [-0.4, -0.2) is 25.8 Å². The van der Waals surface area contributed by atoms with Crippen LogP contribution in [0.25, 0.3) is 0 Å². The Labute approximate surface area is 155 Å². The molecule has 0 saturated carbocycles. The van der Waals surface area contributed by atoms with Gasteiger partial charge in [0.25, 0.3) is 5.91 Å². The molecule has 0 saturated heterocycles. The molecule has 0 fully saturated rings. The van der Waals surface area contributed by atoms with Crippen molar-refractivity contribution < 1.29 is 14.3 Å². The Morgan fingerprint density at radius 2 is 1.96 bits per heavy atom. The average Bonchev–Trinajstić information content (AvgIpc) is 2.60. The minimum absolute atomic E-state index is 0.0789. The van der Waals surface area contributed by atoms with Crippen LogP contribution in [0.3, 0.4) is 0 Å². The summed E-state index contributed by atoms with van der Waals surface area (Å²) in [6.45, 7) is 8.37. The molecule has 0 atom stereocenters. The lowest BCUT2D eigenvalue weighted by molar-refractivity contribution is -0.123. The van der Waals surface area contributed by atoms with E-state index in [1.165, 1.54) is 5.56 Å². The number of ether oxygens (including phenoxy) is 2. The molecular formula is C21H26N2O3. The lowest BCUT2D eigenvalue weighted by Gasteiger charge is -2.20. The third-order valence-electron chi connectivity index (χ3n) is 3.90. The fraction of sp³-hybridized carbons (Fsp3) is 0.333. The highest BCUT2D eigenvalue weighted by molar-refractivity contribution is 5.83. The number of carbonyl (C=O) groups excluding carboxylic acids is 1. The maximum Gasteiger partial charge on any atom is 0.277 e. The third-order valence-corrected chi connectivity index (χ3v) is 3.90. The van der Waals surface area contributed by atoms with Crippen LogP contribution < -0.4 is 14.9 Å². The Hall–Kier alpha value is -2.82. The highest BCUT2D eigenvalue weighted by Crippen LogP contribution is 2.27. The van der Waals surface area contributed by atoms with E-state index in [2.05, 4.69) is 37.4 Å². The van der Waals surface area contributed by atoms with E-state index in [4.69, 9.17) is 9.47 Å². The number of nitrogens with zero attached hydrogens (tertiary/aromatic N) is 1. The van der Waals surface area contributed by atoms with Gasteiger partial charge in [-0.3, -0.25) is 4.79 Å². The first-order valence-corrected chi connectivity index (χ1v) is 8.49. The zero-order valence-electron chi connectivity index (χ0n) is 16.0. The molecule has 26 heavy (non-hydrogen) atoms. The zero-order chi connectivity index (χ0) is 19.2. The molecule has 0 aliphatic rings. The van der Waals surface area contributed by atoms with Gasteiger partial charge in [0.2, 0.25) is 0 Å². The van der Waals surface area contributed by atoms with Gasteiger partial charge in [-0.05, 0) is 47.2 Å². The van der Waals surface area contributed by atoms with E-state index in [1.807, 2.05) is 43.3 Å². The fourth-order valence-electron chi connectivity index (χ4n) is 2.35. The summed E-state index contributed by atoms with van der Waals surface area (Å²) in [4.78, 5) is 11.9. The normalized spacial score (nSPS) is 11.4. The van der Waals surface area contributed by atoms with E-state index < -0.39 is 0 Å². The van der Waals surface area contributed by atoms with E-state index in [0.29, 0.717) is 5.75 Å². The second-order valence-electron chi connectivity index (χ2n) is 7.09. The van der Waals surface area contributed by atoms with Crippen molar-refractivity contribution >= 4 is 12.1 Å². The number of hydrazone groups is 1. The first-order chi connectivity index (χ1) is 12.3. The molecule has 0 radical (unpaired) electrons. The summed E-state index contributed by atoms with van der Waals surface area (Å²) < 4.78 is 10.7. The van der Waals surface area contributed by atoms with Gasteiger partial charge >= 0.3 is 0 Å². The van der Waals surface area contributed by atoms with Crippen molar-refractivity contribution in [2.75, 3.05) is 13.7 Å². The number of hydrogen-bond donors (Lipinski definition) is 1. The number of aryl methyl sites for hydroxylation is 1. The largest absolute Gasteiger partial charge is 0.497 e. The predicted molar refractivity (Wildman–Crippen MR) is 104 cm³/mol. The smallest absolute Gasteiger partial charge is 0.277 e. The quantitative estimate of drug-likeness (QED) is 0.633. The SMILES string of the molecule is COc1cccc(/C=N/NC(=O)COc2ccc(C(C)(C)C)cc2C)c1. The number of carbonyl (C=O) groups is 1. The number of nitrogens with one attached hydrogen (secondary N) is 1. The number of methoxy groups -OCH3 is 1. The van der Waals surface area contributed by atoms with E-state index in [9.17, 15) is 4.79 Å². The average molecular weight is 354 g/mol. The van der Waals surface area contributed by atoms with Crippen LogP contribution in [0.5, 0.6) is 11.5 Å². The first kappa shape index (κ1) is 19.5. The van der Waals surface area contributed by atoms with Crippen molar-refractivity contribution in [3.05, 3.63) is 59.2 Å². The van der Waals surface area contributed by atoms with Gasteiger partial charge in [-0.2, -0.15) is 5.10 Å². The van der Waals surface area contributed by atoms with Crippen LogP contribution in [0, 0.1) is 6.92 Å². The van der Waals surface area contributed by atoms with Crippen LogP contribution in [0.1, 0.15) is 37.5 Å². The highest BCUT2D eigenvalue weighted by atomic mass is 16.5. The summed E-state index contributed by atoms with van der Waals surface area (Å²) in [6, 6.07) is 13.4. The van der Waals surface area contributed by atoms with Crippen molar-refractivity contribution in [1.29, 1.82) is 0 Å². The van der Waals surface area contributed by atoms with Crippen molar-refractivity contribution in [2.45, 2.75) is 33.1 Å². The van der Waals surface area contributed by atoms with Crippen LogP contribution in [0.15, 0.2) is 47.6 Å². The molecule has 2 rings (SSSR count). The molecule has 5 heteroatoms. The van der Waals surface area contributed by atoms with Gasteiger partial charge in [0.15, 0.2) is 6.61 Å². The summed E-state index contributed by atoms with van der Waals surface area (Å²) in [6.07, 6.45) is 1.56. The molecule has 0 heterocycles. The number of hydrogen-bond acceptors (Lipinski definition) is 4. The summed E-state index contributed by atoms with van der Waals surface area (Å²) in [5.41, 5.74) is 5.61. The zero-order valence-corrected chi connectivity index (χ0v) is 16.0. The van der Waals surface area contributed by atoms with Crippen LogP contribution in [0.2, 0.25) is 0 Å². The Morgan fingerprint density at radius 1 is 1.19 bits per heavy atom. The lowest BCUT2D eigenvalue weighted by Crippen LogP contribution is -2.24. The molecule has 0 aliphatic carbocycles. The Morgan fingerprint density at radius 3 is 2.62 bits per heavy atom. The molecular weight excluding hydrogens is 328 g/mol. The van der Waals surface area contributed by atoms with Gasteiger partial charge in [-0.15, -0.1) is 0 Å². The van der Waals surface area contributed by atoms with Crippen molar-refractivity contribution in [2.24, 2.45) is 5.10 Å². The van der Waals surface area contributed by atoms with E-state index in [0.717, 1.165) is 16.9 Å². The maximum atomic E-state index is 11.9. The summed E-state index contributed by atoms with van der Waals surface area (Å²) in [5, 5.41) is 3.94. The van der Waals surface area contributed by atoms with E-state index in [-0.39, 0.29) is 17.9 Å². The van der Waals surface area contributed by atoms with Gasteiger partial charge in [-0.25, -0.2) is 5.43 Å². The molecule has 0 aliphatic heterocycles. The van der Waals surface area contributed by atoms with Gasteiger partial charge in [0, 0.05) is 0 Å². The Kier molecular flexibility index (Phi) is 6.39. The molecule has 138 valence electrons. The first-order valence-electron chi connectivity index (χ1n) is 8.49. The van der Waals surface area contributed by atoms with Crippen molar-refractivity contribution in [3.63, 3.8) is 0 Å². The fourth-order valence-corrected chi connectivity index (χ4v) is 2.35. The van der Waals surface area contributed by atoms with E-state index in [1.54, 1.807) is 13.3 Å². The molecule has 0 bridgehead atoms. The van der Waals surface area contributed by atoms with Crippen molar-refractivity contribution in [1.82, 2.24) is 5.43 Å². The number of rotatable bonds is 6. The number of benzene rings is 2. The van der Waals surface area contributed by atoms with Gasteiger partial charge in [0.1, 0.15) is 11.5 Å². The maximum absolute atomic E-state index is 11.9. The van der Waals surface area contributed by atoms with E-state index >= 15 is 0 Å². The molecule has 0 unspecified atom stereocenters. The second-order valence-corrected chi connectivity index (χ2v) is 7.09. The van der Waals surface area contributed by atoms with Gasteiger partial charge in [-0.1, -0.05) is 45.0 Å². The monoisotopic (exact) mass is 354 g/mol. The summed E-state index contributed by atoms with van der Waals surface area (Å²) in [5.74, 6) is 1.12. The van der Waals surface area contributed by atoms with Crippen LogP contribution in [-0.2, 0) is 10.2 Å². The Balaban J connectivity index is 1.88. The predicted octanol–water partition coefficient (Wildman–Crippen LogP) is 3.83. The van der Waals surface area contributed by atoms with Gasteiger partial charge < -0.3 is 9.47 Å². The molecule has 2 aromatic carbocycles. The molecule has 5 nitrogen and oxygen atoms in total. The second kappa shape index (κ2) is 8.52. The minimum Gasteiger partial charge on any atom is -0.497 e. The molecule has 1 amide bonds. The topological polar surface area (TPSA) is 59.9 Å². The highest BCUT2D eigenvalue weighted by Gasteiger charge is 2.15. The standard InChI is InChI=1S/C21H26N2O3/c1-15-11-17(21(2,3)4)9-10-19(15)26-14-20(24)23-22-13-16-7-6-8-18(12-16)25-5/h6-13H,14H2,1-5H3,(H,23,24)/b22-13+. The van der Waals surface area contributed by atoms with Gasteiger partial charge in [0.05, 0.1) is 13.3 Å². The minimum atomic E-state index is -0.316. The lowest BCUT2D eigenvalue weighted by atomic mass is 9.86. The summed E-state index contributed by atoms with van der Waals surface area (Å²) >= 11 is 0. The number of amides is 1. The van der Waals surface area contributed by atoms with Crippen LogP contribution >= 0.6 is 0 Å². The molecule has 2 aromatic rings. The molecule has 1 N–H and O–H groups in total. The van der Waals surface area contributed by atoms with Crippen molar-refractivity contribution in [3.8, 4) is 11.5 Å². The molecule has 0 spiro atoms. The third kappa shape index (κ3) is 5.62. The summed E-state index contributed by atoms with van der Waals surface area (Å²) in [7, 11) is 1.60. The Bertz CT molecular complexity index is 792. The van der Waals surface area contributed by atoms with Crippen LogP contribution in [0.4, 0.5) is 0 Å².